The molecule has 1 heterocycles. The van der Waals surface area contributed by atoms with Crippen LogP contribution in [0, 0.1) is 11.7 Å². The third-order valence-corrected chi connectivity index (χ3v) is 6.23. The number of ether oxygens (including phenoxy) is 1. The largest absolute Gasteiger partial charge is 0.486 e. The van der Waals surface area contributed by atoms with Gasteiger partial charge in [-0.3, -0.25) is 9.59 Å². The number of rotatable bonds is 7. The molecule has 5 nitrogen and oxygen atoms in total. The minimum absolute atomic E-state index is 0.0113. The van der Waals surface area contributed by atoms with Gasteiger partial charge in [-0.15, -0.1) is 0 Å². The lowest BCUT2D eigenvalue weighted by Gasteiger charge is -2.28. The molecule has 8 heteroatoms. The number of ketones is 1. The van der Waals surface area contributed by atoms with Crippen LogP contribution in [0.3, 0.4) is 0 Å². The Bertz CT molecular complexity index is 1140. The van der Waals surface area contributed by atoms with E-state index in [4.69, 9.17) is 32.4 Å². The molecule has 4 rings (SSSR count). The molecule has 2 aromatic carbocycles. The van der Waals surface area contributed by atoms with Crippen LogP contribution in [-0.2, 0) is 4.79 Å². The maximum Gasteiger partial charge on any atom is 0.287 e. The fourth-order valence-electron chi connectivity index (χ4n) is 4.00. The van der Waals surface area contributed by atoms with Gasteiger partial charge in [0.15, 0.2) is 11.5 Å². The van der Waals surface area contributed by atoms with Crippen molar-refractivity contribution in [2.24, 2.45) is 5.92 Å². The van der Waals surface area contributed by atoms with Crippen molar-refractivity contribution >= 4 is 45.9 Å². The summed E-state index contributed by atoms with van der Waals surface area (Å²) in [5.74, 6) is -0.0814. The zero-order valence-electron chi connectivity index (χ0n) is 17.2. The van der Waals surface area contributed by atoms with Gasteiger partial charge >= 0.3 is 0 Å². The van der Waals surface area contributed by atoms with E-state index in [9.17, 15) is 14.0 Å². The van der Waals surface area contributed by atoms with E-state index < -0.39 is 5.82 Å². The van der Waals surface area contributed by atoms with E-state index in [1.165, 1.54) is 18.2 Å². The van der Waals surface area contributed by atoms with Gasteiger partial charge in [-0.25, -0.2) is 4.39 Å². The highest BCUT2D eigenvalue weighted by atomic mass is 35.5. The van der Waals surface area contributed by atoms with Crippen LogP contribution < -0.4 is 10.1 Å². The fourth-order valence-corrected chi connectivity index (χ4v) is 4.30. The number of furan rings is 1. The quantitative estimate of drug-likeness (QED) is 0.439. The second kappa shape index (κ2) is 9.92. The monoisotopic (exact) mass is 477 g/mol. The topological polar surface area (TPSA) is 68.5 Å². The number of carbonyl (C=O) groups excluding carboxylic acids is 2. The number of hydrogen-bond acceptors (Lipinski definition) is 4. The second-order valence-corrected chi connectivity index (χ2v) is 8.93. The van der Waals surface area contributed by atoms with Crippen LogP contribution in [0.5, 0.6) is 5.75 Å². The van der Waals surface area contributed by atoms with E-state index in [1.807, 2.05) is 0 Å². The molecule has 1 amide bonds. The van der Waals surface area contributed by atoms with Gasteiger partial charge in [0, 0.05) is 28.9 Å². The molecular weight excluding hydrogens is 456 g/mol. The lowest BCUT2D eigenvalue weighted by molar-refractivity contribution is -0.122. The lowest BCUT2D eigenvalue weighted by atomic mass is 9.83. The molecule has 1 aliphatic carbocycles. The molecule has 32 heavy (non-hydrogen) atoms. The first kappa shape index (κ1) is 22.6. The minimum Gasteiger partial charge on any atom is -0.486 e. The summed E-state index contributed by atoms with van der Waals surface area (Å²) in [6.07, 6.45) is 3.66. The summed E-state index contributed by atoms with van der Waals surface area (Å²) >= 11 is 11.6. The average Bonchev–Trinajstić information content (AvgIpc) is 3.19. The van der Waals surface area contributed by atoms with E-state index in [2.05, 4.69) is 5.32 Å². The van der Waals surface area contributed by atoms with Crippen LogP contribution in [0.15, 0.2) is 46.9 Å². The first-order valence-corrected chi connectivity index (χ1v) is 11.2. The van der Waals surface area contributed by atoms with Gasteiger partial charge in [-0.1, -0.05) is 23.2 Å². The van der Waals surface area contributed by atoms with Crippen molar-refractivity contribution in [3.63, 3.8) is 0 Å². The Balaban J connectivity index is 1.21. The highest BCUT2D eigenvalue weighted by Crippen LogP contribution is 2.28. The molecule has 0 atom stereocenters. The van der Waals surface area contributed by atoms with Crippen molar-refractivity contribution in [2.75, 3.05) is 6.61 Å². The number of benzene rings is 2. The Kier molecular flexibility index (Phi) is 7.01. The fraction of sp³-hybridized carbons (Fsp3) is 0.333. The smallest absolute Gasteiger partial charge is 0.287 e. The second-order valence-electron chi connectivity index (χ2n) is 8.09. The van der Waals surface area contributed by atoms with Crippen LogP contribution in [-0.4, -0.2) is 24.3 Å². The van der Waals surface area contributed by atoms with Gasteiger partial charge in [-0.05, 0) is 68.0 Å². The summed E-state index contributed by atoms with van der Waals surface area (Å²) in [4.78, 5) is 24.8. The molecule has 0 radical (unpaired) electrons. The summed E-state index contributed by atoms with van der Waals surface area (Å²) < 4.78 is 24.4. The maximum absolute atomic E-state index is 13.4. The number of carbonyl (C=O) groups is 2. The summed E-state index contributed by atoms with van der Waals surface area (Å²) in [7, 11) is 0. The SMILES string of the molecule is O=C(COc1ccc(Cl)c(F)c1)CC1CCC(NC(=O)c2cc3cc(Cl)ccc3o2)CC1. The normalized spacial score (nSPS) is 18.5. The average molecular weight is 478 g/mol. The summed E-state index contributed by atoms with van der Waals surface area (Å²) in [5.41, 5.74) is 0.616. The number of fused-ring (bicyclic) bond motifs is 1. The minimum atomic E-state index is -0.580. The summed E-state index contributed by atoms with van der Waals surface area (Å²) in [6.45, 7) is -0.103. The lowest BCUT2D eigenvalue weighted by Crippen LogP contribution is -2.37. The van der Waals surface area contributed by atoms with Gasteiger partial charge in [0.05, 0.1) is 5.02 Å². The Morgan fingerprint density at radius 2 is 1.84 bits per heavy atom. The van der Waals surface area contributed by atoms with Gasteiger partial charge in [0.1, 0.15) is 23.8 Å². The molecule has 1 N–H and O–H groups in total. The Hall–Kier alpha value is -2.57. The number of hydrogen-bond donors (Lipinski definition) is 1. The van der Waals surface area contributed by atoms with Gasteiger partial charge in [-0.2, -0.15) is 0 Å². The molecule has 0 aliphatic heterocycles. The Morgan fingerprint density at radius 1 is 1.06 bits per heavy atom. The molecule has 3 aromatic rings. The molecule has 0 saturated heterocycles. The molecule has 0 spiro atoms. The number of Topliss-reactive ketones (excluding diaryl/α,β-unsaturated/α-hetero) is 1. The van der Waals surface area contributed by atoms with E-state index in [0.717, 1.165) is 31.1 Å². The molecule has 1 aliphatic rings. The molecule has 1 saturated carbocycles. The summed E-state index contributed by atoms with van der Waals surface area (Å²) in [6, 6.07) is 11.0. The number of amides is 1. The first-order chi connectivity index (χ1) is 15.4. The standard InChI is InChI=1S/C24H22Cl2FNO4/c25-16-3-8-22-15(10-16)11-23(32-22)24(30)28-17-4-1-14(2-5-17)9-18(29)13-31-19-6-7-20(26)21(27)12-19/h3,6-8,10-12,14,17H,1-2,4-5,9,13H2,(H,28,30). The first-order valence-electron chi connectivity index (χ1n) is 10.5. The zero-order valence-corrected chi connectivity index (χ0v) is 18.7. The summed E-state index contributed by atoms with van der Waals surface area (Å²) in [5, 5.41) is 4.40. The van der Waals surface area contributed by atoms with E-state index in [-0.39, 0.29) is 46.8 Å². The maximum atomic E-state index is 13.4. The van der Waals surface area contributed by atoms with Crippen molar-refractivity contribution in [2.45, 2.75) is 38.1 Å². The van der Waals surface area contributed by atoms with Crippen molar-refractivity contribution in [1.29, 1.82) is 0 Å². The van der Waals surface area contributed by atoms with E-state index in [1.54, 1.807) is 24.3 Å². The number of nitrogens with one attached hydrogen (secondary N) is 1. The van der Waals surface area contributed by atoms with Crippen LogP contribution in [0.1, 0.15) is 42.7 Å². The van der Waals surface area contributed by atoms with Gasteiger partial charge < -0.3 is 14.5 Å². The Morgan fingerprint density at radius 3 is 2.59 bits per heavy atom. The van der Waals surface area contributed by atoms with Crippen molar-refractivity contribution in [3.8, 4) is 5.75 Å². The van der Waals surface area contributed by atoms with Crippen molar-refractivity contribution in [3.05, 3.63) is 64.1 Å². The predicted molar refractivity (Wildman–Crippen MR) is 121 cm³/mol. The molecule has 0 unspecified atom stereocenters. The van der Waals surface area contributed by atoms with E-state index in [0.29, 0.717) is 17.0 Å². The zero-order chi connectivity index (χ0) is 22.7. The molecule has 0 bridgehead atoms. The highest BCUT2D eigenvalue weighted by Gasteiger charge is 2.25. The third-order valence-electron chi connectivity index (χ3n) is 5.69. The van der Waals surface area contributed by atoms with Crippen LogP contribution in [0.4, 0.5) is 4.39 Å². The highest BCUT2D eigenvalue weighted by molar-refractivity contribution is 6.31. The molecule has 168 valence electrons. The molecule has 1 aromatic heterocycles. The molecule has 1 fully saturated rings. The molecular formula is C24H22Cl2FNO4. The third kappa shape index (κ3) is 5.61. The van der Waals surface area contributed by atoms with E-state index >= 15 is 0 Å². The van der Waals surface area contributed by atoms with Crippen LogP contribution in [0.25, 0.3) is 11.0 Å². The van der Waals surface area contributed by atoms with Crippen molar-refractivity contribution in [1.82, 2.24) is 5.32 Å². The Labute approximate surface area is 194 Å². The van der Waals surface area contributed by atoms with Gasteiger partial charge in [0.2, 0.25) is 0 Å². The van der Waals surface area contributed by atoms with Crippen LogP contribution >= 0.6 is 23.2 Å². The van der Waals surface area contributed by atoms with Crippen molar-refractivity contribution < 1.29 is 23.1 Å². The van der Waals surface area contributed by atoms with Gasteiger partial charge in [0.25, 0.3) is 5.91 Å². The number of halogens is 3. The van der Waals surface area contributed by atoms with Crippen LogP contribution in [0.2, 0.25) is 10.0 Å². The predicted octanol–water partition coefficient (Wildman–Crippen LogP) is 6.21.